The van der Waals surface area contributed by atoms with E-state index >= 15 is 0 Å². The van der Waals surface area contributed by atoms with Gasteiger partial charge in [0.2, 0.25) is 0 Å². The summed E-state index contributed by atoms with van der Waals surface area (Å²) in [6.45, 7) is 0. The first kappa shape index (κ1) is 8.72. The molecule has 0 bridgehead atoms. The van der Waals surface area contributed by atoms with Crippen LogP contribution in [0.5, 0.6) is 0 Å². The first-order chi connectivity index (χ1) is 6.90. The van der Waals surface area contributed by atoms with E-state index in [0.717, 1.165) is 0 Å². The number of nitrogens with zero attached hydrogens (tertiary/aromatic N) is 4. The Balaban J connectivity index is 2.30. The third-order valence-electron chi connectivity index (χ3n) is 1.39. The Hall–Kier alpha value is -1.87. The average Bonchev–Trinajstić information content (AvgIpc) is 2.71. The van der Waals surface area contributed by atoms with Crippen LogP contribution in [0.15, 0.2) is 39.7 Å². The summed E-state index contributed by atoms with van der Waals surface area (Å²) in [6.07, 6.45) is 5.84. The summed E-state index contributed by atoms with van der Waals surface area (Å²) in [5, 5.41) is 9.76. The van der Waals surface area contributed by atoms with Gasteiger partial charge in [-0.3, -0.25) is 0 Å². The van der Waals surface area contributed by atoms with Crippen LogP contribution in [-0.4, -0.2) is 15.0 Å². The standard InChI is InChI=1S/C8H4N4OS/c9-3-6-4-10-5-12-7(6)14-8-11-1-2-13-8/h1-2,4-5H. The van der Waals surface area contributed by atoms with Gasteiger partial charge in [0.1, 0.15) is 29.2 Å². The Bertz CT molecular complexity index is 462. The van der Waals surface area contributed by atoms with E-state index in [-0.39, 0.29) is 0 Å². The molecule has 6 heteroatoms. The number of hydrogen-bond acceptors (Lipinski definition) is 6. The van der Waals surface area contributed by atoms with Gasteiger partial charge in [-0.2, -0.15) is 5.26 Å². The second kappa shape index (κ2) is 3.89. The molecular formula is C8H4N4OS. The van der Waals surface area contributed by atoms with Crippen molar-refractivity contribution in [3.63, 3.8) is 0 Å². The minimum Gasteiger partial charge on any atom is -0.440 e. The van der Waals surface area contributed by atoms with E-state index in [9.17, 15) is 0 Å². The van der Waals surface area contributed by atoms with Crippen molar-refractivity contribution in [2.75, 3.05) is 0 Å². The van der Waals surface area contributed by atoms with E-state index in [1.165, 1.54) is 36.7 Å². The van der Waals surface area contributed by atoms with E-state index < -0.39 is 0 Å². The second-order valence-electron chi connectivity index (χ2n) is 2.25. The van der Waals surface area contributed by atoms with Crippen molar-refractivity contribution >= 4 is 11.8 Å². The molecule has 0 radical (unpaired) electrons. The summed E-state index contributed by atoms with van der Waals surface area (Å²) in [4.78, 5) is 11.6. The first-order valence-corrected chi connectivity index (χ1v) is 4.49. The van der Waals surface area contributed by atoms with Crippen LogP contribution in [0.1, 0.15) is 5.56 Å². The van der Waals surface area contributed by atoms with Gasteiger partial charge in [-0.05, 0) is 11.8 Å². The van der Waals surface area contributed by atoms with Gasteiger partial charge in [0.25, 0.3) is 5.22 Å². The predicted molar refractivity (Wildman–Crippen MR) is 47.4 cm³/mol. The fourth-order valence-corrected chi connectivity index (χ4v) is 1.51. The highest BCUT2D eigenvalue weighted by molar-refractivity contribution is 7.99. The molecule has 0 amide bonds. The van der Waals surface area contributed by atoms with Crippen molar-refractivity contribution < 1.29 is 4.42 Å². The zero-order chi connectivity index (χ0) is 9.80. The van der Waals surface area contributed by atoms with Crippen LogP contribution in [0.4, 0.5) is 0 Å². The SMILES string of the molecule is N#Cc1cncnc1Sc1ncco1. The van der Waals surface area contributed by atoms with Crippen LogP contribution in [-0.2, 0) is 0 Å². The Labute approximate surface area is 83.8 Å². The summed E-state index contributed by atoms with van der Waals surface area (Å²) in [7, 11) is 0. The molecule has 0 atom stereocenters. The molecule has 0 saturated carbocycles. The Morgan fingerprint density at radius 3 is 3.07 bits per heavy atom. The Morgan fingerprint density at radius 2 is 2.36 bits per heavy atom. The smallest absolute Gasteiger partial charge is 0.262 e. The van der Waals surface area contributed by atoms with Gasteiger partial charge in [0.15, 0.2) is 0 Å². The van der Waals surface area contributed by atoms with Gasteiger partial charge < -0.3 is 4.42 Å². The van der Waals surface area contributed by atoms with E-state index in [1.807, 2.05) is 6.07 Å². The minimum atomic E-state index is 0.413. The normalized spacial score (nSPS) is 9.64. The highest BCUT2D eigenvalue weighted by atomic mass is 32.2. The summed E-state index contributed by atoms with van der Waals surface area (Å²) in [5.41, 5.74) is 0.413. The molecule has 0 aliphatic heterocycles. The summed E-state index contributed by atoms with van der Waals surface area (Å²) in [5.74, 6) is 0. The highest BCUT2D eigenvalue weighted by Gasteiger charge is 2.07. The van der Waals surface area contributed by atoms with Crippen LogP contribution >= 0.6 is 11.8 Å². The van der Waals surface area contributed by atoms with Gasteiger partial charge in [0.05, 0.1) is 6.20 Å². The van der Waals surface area contributed by atoms with Crippen LogP contribution in [0, 0.1) is 11.3 Å². The van der Waals surface area contributed by atoms with E-state index in [1.54, 1.807) is 0 Å². The van der Waals surface area contributed by atoms with Crippen LogP contribution in [0.2, 0.25) is 0 Å². The zero-order valence-corrected chi connectivity index (χ0v) is 7.73. The summed E-state index contributed by atoms with van der Waals surface area (Å²) < 4.78 is 5.02. The van der Waals surface area contributed by atoms with Crippen molar-refractivity contribution in [3.8, 4) is 6.07 Å². The maximum atomic E-state index is 8.75. The van der Waals surface area contributed by atoms with E-state index in [0.29, 0.717) is 15.8 Å². The number of oxazole rings is 1. The molecule has 0 N–H and O–H groups in total. The molecule has 68 valence electrons. The largest absolute Gasteiger partial charge is 0.440 e. The predicted octanol–water partition coefficient (Wildman–Crippen LogP) is 1.49. The molecule has 0 saturated heterocycles. The van der Waals surface area contributed by atoms with Crippen LogP contribution in [0.25, 0.3) is 0 Å². The highest BCUT2D eigenvalue weighted by Crippen LogP contribution is 2.25. The molecular weight excluding hydrogens is 200 g/mol. The van der Waals surface area contributed by atoms with Crippen molar-refractivity contribution in [1.82, 2.24) is 15.0 Å². The van der Waals surface area contributed by atoms with Gasteiger partial charge in [-0.25, -0.2) is 15.0 Å². The van der Waals surface area contributed by atoms with Gasteiger partial charge in [-0.1, -0.05) is 0 Å². The van der Waals surface area contributed by atoms with Crippen molar-refractivity contribution in [1.29, 1.82) is 5.26 Å². The monoisotopic (exact) mass is 204 g/mol. The van der Waals surface area contributed by atoms with E-state index in [4.69, 9.17) is 9.68 Å². The minimum absolute atomic E-state index is 0.413. The molecule has 2 aromatic rings. The maximum Gasteiger partial charge on any atom is 0.262 e. The zero-order valence-electron chi connectivity index (χ0n) is 6.91. The molecule has 0 aliphatic rings. The molecule has 0 fully saturated rings. The fourth-order valence-electron chi connectivity index (χ4n) is 0.820. The quantitative estimate of drug-likeness (QED) is 0.690. The number of hydrogen-bond donors (Lipinski definition) is 0. The molecule has 0 aromatic carbocycles. The fraction of sp³-hybridized carbons (Fsp3) is 0. The maximum absolute atomic E-state index is 8.75. The number of aromatic nitrogens is 3. The molecule has 2 rings (SSSR count). The van der Waals surface area contributed by atoms with Crippen molar-refractivity contribution in [3.05, 3.63) is 30.5 Å². The lowest BCUT2D eigenvalue weighted by Crippen LogP contribution is -1.87. The molecule has 2 aromatic heterocycles. The summed E-state index contributed by atoms with van der Waals surface area (Å²) in [6, 6.07) is 1.99. The second-order valence-corrected chi connectivity index (χ2v) is 3.19. The molecule has 0 spiro atoms. The van der Waals surface area contributed by atoms with Gasteiger partial charge in [0, 0.05) is 6.20 Å². The lowest BCUT2D eigenvalue weighted by Gasteiger charge is -1.96. The third-order valence-corrected chi connectivity index (χ3v) is 2.28. The van der Waals surface area contributed by atoms with Crippen LogP contribution in [0.3, 0.4) is 0 Å². The van der Waals surface area contributed by atoms with Gasteiger partial charge in [-0.15, -0.1) is 0 Å². The van der Waals surface area contributed by atoms with Gasteiger partial charge >= 0.3 is 0 Å². The molecule has 0 unspecified atom stereocenters. The number of rotatable bonds is 2. The molecule has 2 heterocycles. The lowest BCUT2D eigenvalue weighted by atomic mass is 10.4. The van der Waals surface area contributed by atoms with Crippen molar-refractivity contribution in [2.45, 2.75) is 10.2 Å². The molecule has 5 nitrogen and oxygen atoms in total. The molecule has 14 heavy (non-hydrogen) atoms. The van der Waals surface area contributed by atoms with Crippen LogP contribution < -0.4 is 0 Å². The lowest BCUT2D eigenvalue weighted by molar-refractivity contribution is 0.454. The summed E-state index contributed by atoms with van der Waals surface area (Å²) >= 11 is 1.19. The van der Waals surface area contributed by atoms with E-state index in [2.05, 4.69) is 15.0 Å². The number of nitriles is 1. The average molecular weight is 204 g/mol. The molecule has 0 aliphatic carbocycles. The third kappa shape index (κ3) is 1.72. The Morgan fingerprint density at radius 1 is 1.43 bits per heavy atom. The Kier molecular flexibility index (Phi) is 2.42. The first-order valence-electron chi connectivity index (χ1n) is 3.67. The topological polar surface area (TPSA) is 75.6 Å². The van der Waals surface area contributed by atoms with Crippen molar-refractivity contribution in [2.24, 2.45) is 0 Å².